The van der Waals surface area contributed by atoms with E-state index in [0.717, 1.165) is 34.7 Å². The lowest BCUT2D eigenvalue weighted by molar-refractivity contribution is 0.0953. The first kappa shape index (κ1) is 23.0. The number of hydrogen-bond donors (Lipinski definition) is 1. The number of ether oxygens (including phenoxy) is 1. The molecule has 6 nitrogen and oxygen atoms in total. The van der Waals surface area contributed by atoms with Gasteiger partial charge in [-0.25, -0.2) is 8.42 Å². The first-order valence-corrected chi connectivity index (χ1v) is 11.6. The van der Waals surface area contributed by atoms with Crippen LogP contribution in [0.25, 0.3) is 0 Å². The molecule has 8 heteroatoms. The molecule has 2 rings (SSSR count). The summed E-state index contributed by atoms with van der Waals surface area (Å²) >= 11 is 6.19. The average molecular weight is 439 g/mol. The van der Waals surface area contributed by atoms with Gasteiger partial charge in [-0.15, -0.1) is 0 Å². The van der Waals surface area contributed by atoms with Crippen LogP contribution in [-0.2, 0) is 16.4 Å². The van der Waals surface area contributed by atoms with E-state index in [4.69, 9.17) is 16.3 Å². The molecule has 2 aromatic rings. The van der Waals surface area contributed by atoms with Gasteiger partial charge in [-0.2, -0.15) is 0 Å². The largest absolute Gasteiger partial charge is 0.491 e. The Morgan fingerprint density at radius 1 is 1.21 bits per heavy atom. The summed E-state index contributed by atoms with van der Waals surface area (Å²) in [6.07, 6.45) is 2.80. The highest BCUT2D eigenvalue weighted by molar-refractivity contribution is 7.92. The summed E-state index contributed by atoms with van der Waals surface area (Å²) in [6.45, 7) is 4.47. The van der Waals surface area contributed by atoms with Crippen molar-refractivity contribution < 1.29 is 17.9 Å². The van der Waals surface area contributed by atoms with Crippen LogP contribution in [0.3, 0.4) is 0 Å². The smallest absolute Gasteiger partial charge is 0.252 e. The zero-order valence-corrected chi connectivity index (χ0v) is 18.7. The van der Waals surface area contributed by atoms with E-state index in [9.17, 15) is 13.2 Å². The lowest BCUT2D eigenvalue weighted by Crippen LogP contribution is -2.26. The van der Waals surface area contributed by atoms with Gasteiger partial charge in [-0.3, -0.25) is 9.10 Å². The second-order valence-corrected chi connectivity index (χ2v) is 9.49. The average Bonchev–Trinajstić information content (AvgIpc) is 2.63. The molecule has 158 valence electrons. The van der Waals surface area contributed by atoms with Gasteiger partial charge in [0.05, 0.1) is 28.6 Å². The number of rotatable bonds is 9. The van der Waals surface area contributed by atoms with Crippen molar-refractivity contribution in [3.05, 3.63) is 58.6 Å². The molecule has 1 N–H and O–H groups in total. The van der Waals surface area contributed by atoms with Gasteiger partial charge in [0.2, 0.25) is 10.0 Å². The van der Waals surface area contributed by atoms with E-state index in [1.54, 1.807) is 6.07 Å². The Bertz CT molecular complexity index is 961. The van der Waals surface area contributed by atoms with E-state index in [1.807, 2.05) is 38.1 Å². The number of anilines is 1. The molecular weight excluding hydrogens is 412 g/mol. The maximum absolute atomic E-state index is 12.4. The fourth-order valence-corrected chi connectivity index (χ4v) is 3.47. The van der Waals surface area contributed by atoms with Crippen LogP contribution in [0.4, 0.5) is 5.69 Å². The van der Waals surface area contributed by atoms with Crippen molar-refractivity contribution in [3.63, 3.8) is 0 Å². The molecule has 2 aromatic carbocycles. The number of nitrogens with zero attached hydrogens (tertiary/aromatic N) is 1. The zero-order chi connectivity index (χ0) is 21.6. The lowest BCUT2D eigenvalue weighted by atomic mass is 10.1. The summed E-state index contributed by atoms with van der Waals surface area (Å²) in [5.74, 6) is 0.549. The molecule has 0 bridgehead atoms. The van der Waals surface area contributed by atoms with Gasteiger partial charge in [0.25, 0.3) is 5.91 Å². The monoisotopic (exact) mass is 438 g/mol. The predicted molar refractivity (Wildman–Crippen MR) is 118 cm³/mol. The van der Waals surface area contributed by atoms with Crippen LogP contribution in [0.5, 0.6) is 5.75 Å². The standard InChI is InChI=1S/C21H27ClN2O4S/c1-15(2)28-18-9-5-7-16(13-18)8-6-12-23-21(25)19-11-10-17(14-20(19)22)24(3)29(4,26)27/h5,7,9-11,13-15H,6,8,12H2,1-4H3,(H,23,25). The fourth-order valence-electron chi connectivity index (χ4n) is 2.71. The molecule has 0 fully saturated rings. The van der Waals surface area contributed by atoms with Gasteiger partial charge in [0.1, 0.15) is 5.75 Å². The summed E-state index contributed by atoms with van der Waals surface area (Å²) < 4.78 is 30.0. The number of sulfonamides is 1. The molecule has 0 saturated heterocycles. The molecule has 0 aliphatic rings. The van der Waals surface area contributed by atoms with Crippen molar-refractivity contribution in [3.8, 4) is 5.75 Å². The summed E-state index contributed by atoms with van der Waals surface area (Å²) in [5.41, 5.74) is 1.85. The molecule has 0 aliphatic heterocycles. The third-order valence-corrected chi connectivity index (χ3v) is 5.77. The van der Waals surface area contributed by atoms with Gasteiger partial charge < -0.3 is 10.1 Å². The SMILES string of the molecule is CC(C)Oc1cccc(CCCNC(=O)c2ccc(N(C)S(C)(=O)=O)cc2Cl)c1. The van der Waals surface area contributed by atoms with Gasteiger partial charge in [0.15, 0.2) is 0 Å². The van der Waals surface area contributed by atoms with E-state index in [0.29, 0.717) is 17.8 Å². The van der Waals surface area contributed by atoms with Gasteiger partial charge in [0, 0.05) is 13.6 Å². The maximum Gasteiger partial charge on any atom is 0.252 e. The van der Waals surface area contributed by atoms with Gasteiger partial charge in [-0.05, 0) is 62.6 Å². The number of nitrogens with one attached hydrogen (secondary N) is 1. The van der Waals surface area contributed by atoms with Crippen LogP contribution in [0, 0.1) is 0 Å². The van der Waals surface area contributed by atoms with Crippen molar-refractivity contribution in [2.45, 2.75) is 32.8 Å². The normalized spacial score (nSPS) is 11.4. The van der Waals surface area contributed by atoms with Gasteiger partial charge >= 0.3 is 0 Å². The Kier molecular flexibility index (Phi) is 7.93. The first-order chi connectivity index (χ1) is 13.6. The molecule has 0 unspecified atom stereocenters. The number of halogens is 1. The topological polar surface area (TPSA) is 75.7 Å². The molecule has 0 aromatic heterocycles. The minimum absolute atomic E-state index is 0.123. The van der Waals surface area contributed by atoms with E-state index < -0.39 is 10.0 Å². The minimum atomic E-state index is -3.39. The number of carbonyl (C=O) groups excluding carboxylic acids is 1. The van der Waals surface area contributed by atoms with Crippen LogP contribution in [0.15, 0.2) is 42.5 Å². The van der Waals surface area contributed by atoms with Crippen LogP contribution in [-0.4, -0.2) is 40.3 Å². The maximum atomic E-state index is 12.4. The molecule has 29 heavy (non-hydrogen) atoms. The number of amides is 1. The summed E-state index contributed by atoms with van der Waals surface area (Å²) in [6, 6.07) is 12.5. The van der Waals surface area contributed by atoms with Crippen molar-refractivity contribution >= 4 is 33.2 Å². The Morgan fingerprint density at radius 2 is 1.93 bits per heavy atom. The number of aryl methyl sites for hydroxylation is 1. The summed E-state index contributed by atoms with van der Waals surface area (Å²) in [5, 5.41) is 3.05. The van der Waals surface area contributed by atoms with Crippen molar-refractivity contribution in [2.75, 3.05) is 24.2 Å². The molecule has 0 radical (unpaired) electrons. The molecule has 1 amide bonds. The van der Waals surface area contributed by atoms with E-state index in [2.05, 4.69) is 5.32 Å². The third-order valence-electron chi connectivity index (χ3n) is 4.26. The zero-order valence-electron chi connectivity index (χ0n) is 17.1. The van der Waals surface area contributed by atoms with E-state index in [1.165, 1.54) is 19.2 Å². The minimum Gasteiger partial charge on any atom is -0.491 e. The summed E-state index contributed by atoms with van der Waals surface area (Å²) in [7, 11) is -1.96. The van der Waals surface area contributed by atoms with E-state index in [-0.39, 0.29) is 17.0 Å². The van der Waals surface area contributed by atoms with Crippen molar-refractivity contribution in [1.82, 2.24) is 5.32 Å². The molecule has 0 heterocycles. The van der Waals surface area contributed by atoms with Crippen LogP contribution < -0.4 is 14.4 Å². The molecule has 0 aliphatic carbocycles. The summed E-state index contributed by atoms with van der Waals surface area (Å²) in [4.78, 5) is 12.4. The third kappa shape index (κ3) is 6.94. The molecular formula is C21H27ClN2O4S. The number of carbonyl (C=O) groups is 1. The highest BCUT2D eigenvalue weighted by Gasteiger charge is 2.16. The quantitative estimate of drug-likeness (QED) is 0.602. The van der Waals surface area contributed by atoms with Crippen molar-refractivity contribution in [1.29, 1.82) is 0 Å². The second-order valence-electron chi connectivity index (χ2n) is 7.07. The molecule has 0 saturated carbocycles. The lowest BCUT2D eigenvalue weighted by Gasteiger charge is -2.17. The van der Waals surface area contributed by atoms with Crippen molar-refractivity contribution in [2.24, 2.45) is 0 Å². The van der Waals surface area contributed by atoms with E-state index >= 15 is 0 Å². The van der Waals surface area contributed by atoms with Crippen LogP contribution in [0.2, 0.25) is 5.02 Å². The fraction of sp³-hybridized carbons (Fsp3) is 0.381. The number of benzene rings is 2. The highest BCUT2D eigenvalue weighted by Crippen LogP contribution is 2.24. The molecule has 0 spiro atoms. The Balaban J connectivity index is 1.90. The first-order valence-electron chi connectivity index (χ1n) is 9.35. The van der Waals surface area contributed by atoms with Crippen LogP contribution in [0.1, 0.15) is 36.2 Å². The second kappa shape index (κ2) is 9.98. The molecule has 0 atom stereocenters. The highest BCUT2D eigenvalue weighted by atomic mass is 35.5. The van der Waals surface area contributed by atoms with Gasteiger partial charge in [-0.1, -0.05) is 23.7 Å². The Hall–Kier alpha value is -2.25. The Morgan fingerprint density at radius 3 is 2.55 bits per heavy atom. The number of hydrogen-bond acceptors (Lipinski definition) is 4. The Labute approximate surface area is 177 Å². The predicted octanol–water partition coefficient (Wildman–Crippen LogP) is 3.89. The van der Waals surface area contributed by atoms with Crippen LogP contribution >= 0.6 is 11.6 Å².